The highest BCUT2D eigenvalue weighted by Crippen LogP contribution is 2.46. The zero-order valence-electron chi connectivity index (χ0n) is 20.6. The number of carbonyl (C=O) groups is 3. The molecule has 2 aromatic carbocycles. The normalized spacial score (nSPS) is 24.4. The molecule has 2 aliphatic rings. The summed E-state index contributed by atoms with van der Waals surface area (Å²) in [6.07, 6.45) is 3.15. The van der Waals surface area contributed by atoms with E-state index in [0.29, 0.717) is 11.4 Å². The molecule has 1 aliphatic carbocycles. The van der Waals surface area contributed by atoms with Gasteiger partial charge in [0.15, 0.2) is 0 Å². The maximum Gasteiger partial charge on any atom is 0.415 e. The number of fused-ring (bicyclic) bond motifs is 1. The minimum atomic E-state index is -0.849. The minimum absolute atomic E-state index is 0.0321. The molecule has 1 heterocycles. The van der Waals surface area contributed by atoms with Crippen LogP contribution in [0, 0.1) is 17.8 Å². The molecule has 2 aromatic rings. The predicted molar refractivity (Wildman–Crippen MR) is 131 cm³/mol. The van der Waals surface area contributed by atoms with Crippen molar-refractivity contribution in [3.8, 4) is 5.75 Å². The number of anilines is 1. The lowest BCUT2D eigenvalue weighted by molar-refractivity contribution is -0.154. The van der Waals surface area contributed by atoms with Gasteiger partial charge in [0.1, 0.15) is 11.4 Å². The topological polar surface area (TPSA) is 82.1 Å². The van der Waals surface area contributed by atoms with Crippen LogP contribution in [0.25, 0.3) is 0 Å². The Bertz CT molecular complexity index is 1120. The molecule has 0 radical (unpaired) electrons. The van der Waals surface area contributed by atoms with Gasteiger partial charge in [0, 0.05) is 5.69 Å². The van der Waals surface area contributed by atoms with Crippen LogP contribution in [0.2, 0.25) is 0 Å². The summed E-state index contributed by atoms with van der Waals surface area (Å²) in [5.74, 6) is -2.40. The van der Waals surface area contributed by atoms with Crippen LogP contribution in [0.4, 0.5) is 10.5 Å². The van der Waals surface area contributed by atoms with Gasteiger partial charge in [0.2, 0.25) is 0 Å². The quantitative estimate of drug-likeness (QED) is 0.338. The molecular weight excluding hydrogens is 446 g/mol. The van der Waals surface area contributed by atoms with E-state index in [1.807, 2.05) is 49.4 Å². The predicted octanol–water partition coefficient (Wildman–Crippen LogP) is 5.11. The first-order chi connectivity index (χ1) is 16.6. The van der Waals surface area contributed by atoms with Crippen LogP contribution in [0.5, 0.6) is 5.75 Å². The van der Waals surface area contributed by atoms with Crippen molar-refractivity contribution in [2.45, 2.75) is 45.3 Å². The standard InChI is InChI=1S/C28H31NO6/c1-17(18-9-7-6-8-10-18)21-15-16-22(24-23(21)25(30)34-26(24)31)29(27(32)35-28(2,3)4)19-11-13-20(33-5)14-12-19/h6-17,21-24H,1-5H3/t17-,21-,22-,23+,24-/m1/s1. The lowest BCUT2D eigenvalue weighted by Crippen LogP contribution is -2.51. The van der Waals surface area contributed by atoms with Gasteiger partial charge in [-0.25, -0.2) is 4.79 Å². The van der Waals surface area contributed by atoms with Gasteiger partial charge in [-0.15, -0.1) is 0 Å². The average molecular weight is 478 g/mol. The Balaban J connectivity index is 1.77. The summed E-state index contributed by atoms with van der Waals surface area (Å²) in [6, 6.07) is 16.0. The van der Waals surface area contributed by atoms with Gasteiger partial charge in [0.25, 0.3) is 0 Å². The molecule has 7 nitrogen and oxygen atoms in total. The summed E-state index contributed by atoms with van der Waals surface area (Å²) in [6.45, 7) is 7.37. The number of rotatable bonds is 5. The molecule has 1 amide bonds. The lowest BCUT2D eigenvalue weighted by atomic mass is 9.68. The van der Waals surface area contributed by atoms with Gasteiger partial charge in [-0.05, 0) is 62.4 Å². The van der Waals surface area contributed by atoms with Crippen molar-refractivity contribution < 1.29 is 28.6 Å². The van der Waals surface area contributed by atoms with Gasteiger partial charge < -0.3 is 14.2 Å². The van der Waals surface area contributed by atoms with E-state index in [1.165, 1.54) is 4.90 Å². The third kappa shape index (κ3) is 4.94. The summed E-state index contributed by atoms with van der Waals surface area (Å²) in [5, 5.41) is 0. The van der Waals surface area contributed by atoms with E-state index in [9.17, 15) is 14.4 Å². The number of allylic oxidation sites excluding steroid dienone is 1. The Morgan fingerprint density at radius 3 is 2.17 bits per heavy atom. The number of amides is 1. The number of benzene rings is 2. The fraction of sp³-hybridized carbons (Fsp3) is 0.393. The molecule has 7 heteroatoms. The Labute approximate surface area is 205 Å². The van der Waals surface area contributed by atoms with E-state index in [4.69, 9.17) is 14.2 Å². The fourth-order valence-electron chi connectivity index (χ4n) is 4.91. The molecule has 0 N–H and O–H groups in total. The van der Waals surface area contributed by atoms with Crippen molar-refractivity contribution in [2.24, 2.45) is 17.8 Å². The Morgan fingerprint density at radius 1 is 0.943 bits per heavy atom. The fourth-order valence-corrected chi connectivity index (χ4v) is 4.91. The molecule has 0 saturated carbocycles. The number of hydrogen-bond acceptors (Lipinski definition) is 6. The van der Waals surface area contributed by atoms with Crippen LogP contribution < -0.4 is 9.64 Å². The molecule has 184 valence electrons. The maximum atomic E-state index is 13.4. The smallest absolute Gasteiger partial charge is 0.415 e. The monoisotopic (exact) mass is 477 g/mol. The number of ether oxygens (including phenoxy) is 3. The van der Waals surface area contributed by atoms with Crippen molar-refractivity contribution >= 4 is 23.7 Å². The highest BCUT2D eigenvalue weighted by molar-refractivity contribution is 6.00. The first-order valence-corrected chi connectivity index (χ1v) is 11.8. The summed E-state index contributed by atoms with van der Waals surface area (Å²) in [4.78, 5) is 40.8. The number of esters is 2. The molecule has 1 fully saturated rings. The van der Waals surface area contributed by atoms with E-state index in [0.717, 1.165) is 5.56 Å². The zero-order chi connectivity index (χ0) is 25.3. The SMILES string of the molecule is COc1ccc(N(C(=O)OC(C)(C)C)[C@@H]2C=C[C@H]([C@H](C)c3ccccc3)[C@@H]3C(=O)OC(=O)[C@@H]32)cc1. The van der Waals surface area contributed by atoms with Crippen LogP contribution in [0.15, 0.2) is 66.7 Å². The summed E-state index contributed by atoms with van der Waals surface area (Å²) in [7, 11) is 1.56. The van der Waals surface area contributed by atoms with Crippen LogP contribution >= 0.6 is 0 Å². The number of carbonyl (C=O) groups excluding carboxylic acids is 3. The van der Waals surface area contributed by atoms with Gasteiger partial charge in [-0.3, -0.25) is 14.5 Å². The third-order valence-electron chi connectivity index (χ3n) is 6.59. The highest BCUT2D eigenvalue weighted by Gasteiger charge is 2.56. The maximum absolute atomic E-state index is 13.4. The second-order valence-electron chi connectivity index (χ2n) is 9.99. The summed E-state index contributed by atoms with van der Waals surface area (Å²) < 4.78 is 16.1. The lowest BCUT2D eigenvalue weighted by Gasteiger charge is -2.40. The van der Waals surface area contributed by atoms with E-state index in [1.54, 1.807) is 52.1 Å². The van der Waals surface area contributed by atoms with E-state index in [2.05, 4.69) is 0 Å². The van der Waals surface area contributed by atoms with Gasteiger partial charge >= 0.3 is 18.0 Å². The van der Waals surface area contributed by atoms with E-state index in [-0.39, 0.29) is 11.8 Å². The molecular formula is C28H31NO6. The molecule has 0 unspecified atom stereocenters. The second-order valence-corrected chi connectivity index (χ2v) is 9.99. The van der Waals surface area contributed by atoms with Crippen LogP contribution in [0.1, 0.15) is 39.2 Å². The van der Waals surface area contributed by atoms with Crippen LogP contribution in [-0.4, -0.2) is 36.8 Å². The first-order valence-electron chi connectivity index (χ1n) is 11.8. The summed E-state index contributed by atoms with van der Waals surface area (Å²) >= 11 is 0. The van der Waals surface area contributed by atoms with Crippen LogP contribution in [-0.2, 0) is 19.1 Å². The van der Waals surface area contributed by atoms with Gasteiger partial charge in [-0.1, -0.05) is 49.4 Å². The van der Waals surface area contributed by atoms with E-state index >= 15 is 0 Å². The largest absolute Gasteiger partial charge is 0.497 e. The Kier molecular flexibility index (Phi) is 6.70. The van der Waals surface area contributed by atoms with Gasteiger partial charge in [-0.2, -0.15) is 0 Å². The van der Waals surface area contributed by atoms with E-state index < -0.39 is 41.5 Å². The minimum Gasteiger partial charge on any atom is -0.497 e. The second kappa shape index (κ2) is 9.56. The molecule has 0 aromatic heterocycles. The zero-order valence-corrected chi connectivity index (χ0v) is 20.6. The Hall–Kier alpha value is -3.61. The van der Waals surface area contributed by atoms with Crippen molar-refractivity contribution in [1.29, 1.82) is 0 Å². The molecule has 0 bridgehead atoms. The van der Waals surface area contributed by atoms with Gasteiger partial charge in [0.05, 0.1) is 25.0 Å². The molecule has 1 aliphatic heterocycles. The number of cyclic esters (lactones) is 2. The van der Waals surface area contributed by atoms with Crippen LogP contribution in [0.3, 0.4) is 0 Å². The molecule has 35 heavy (non-hydrogen) atoms. The Morgan fingerprint density at radius 2 is 1.57 bits per heavy atom. The van der Waals surface area contributed by atoms with Crippen molar-refractivity contribution in [3.05, 3.63) is 72.3 Å². The molecule has 1 saturated heterocycles. The number of methoxy groups -OCH3 is 1. The average Bonchev–Trinajstić information content (AvgIpc) is 3.13. The number of hydrogen-bond donors (Lipinski definition) is 0. The summed E-state index contributed by atoms with van der Waals surface area (Å²) in [5.41, 5.74) is 0.830. The molecule has 5 atom stereocenters. The van der Waals surface area contributed by atoms with Crippen molar-refractivity contribution in [2.75, 3.05) is 12.0 Å². The third-order valence-corrected chi connectivity index (χ3v) is 6.59. The van der Waals surface area contributed by atoms with Crippen molar-refractivity contribution in [3.63, 3.8) is 0 Å². The first kappa shape index (κ1) is 24.5. The highest BCUT2D eigenvalue weighted by atomic mass is 16.6. The molecule has 0 spiro atoms. The number of nitrogens with zero attached hydrogens (tertiary/aromatic N) is 1. The molecule has 4 rings (SSSR count). The van der Waals surface area contributed by atoms with Crippen molar-refractivity contribution in [1.82, 2.24) is 0 Å².